The van der Waals surface area contributed by atoms with Crippen LogP contribution in [-0.2, 0) is 0 Å². The highest BCUT2D eigenvalue weighted by Gasteiger charge is 2.46. The Bertz CT molecular complexity index is 2100. The number of para-hydroxylation sites is 4. The van der Waals surface area contributed by atoms with E-state index in [0.717, 1.165) is 33.7 Å². The third kappa shape index (κ3) is 3.29. The van der Waals surface area contributed by atoms with Crippen molar-refractivity contribution in [3.05, 3.63) is 152 Å². The summed E-state index contributed by atoms with van der Waals surface area (Å²) in [4.78, 5) is 4.84. The van der Waals surface area contributed by atoms with Crippen LogP contribution in [0.25, 0.3) is 22.1 Å². The minimum atomic E-state index is -0.0432. The first-order valence-electron chi connectivity index (χ1n) is 14.4. The van der Waals surface area contributed by atoms with Crippen molar-refractivity contribution in [2.24, 2.45) is 0 Å². The van der Waals surface area contributed by atoms with Crippen LogP contribution in [-0.4, -0.2) is 6.71 Å². The van der Waals surface area contributed by atoms with Crippen LogP contribution >= 0.6 is 0 Å². The van der Waals surface area contributed by atoms with Crippen molar-refractivity contribution in [1.29, 1.82) is 0 Å². The van der Waals surface area contributed by atoms with Gasteiger partial charge in [0.25, 0.3) is 6.71 Å². The van der Waals surface area contributed by atoms with Crippen LogP contribution < -0.4 is 26.4 Å². The molecule has 2 aliphatic heterocycles. The van der Waals surface area contributed by atoms with E-state index < -0.39 is 0 Å². The summed E-state index contributed by atoms with van der Waals surface area (Å²) >= 11 is 0. The molecule has 0 N–H and O–H groups in total. The Morgan fingerprint density at radius 2 is 1.05 bits per heavy atom. The normalized spacial score (nSPS) is 13.1. The largest absolute Gasteiger partial charge is 0.468 e. The Kier molecular flexibility index (Phi) is 4.99. The first-order valence-corrected chi connectivity index (χ1v) is 14.4. The predicted molar refractivity (Wildman–Crippen MR) is 176 cm³/mol. The molecule has 6 aromatic carbocycles. The van der Waals surface area contributed by atoms with Crippen LogP contribution in [0.4, 0.5) is 34.1 Å². The molecule has 0 atom stereocenters. The van der Waals surface area contributed by atoms with Crippen molar-refractivity contribution < 1.29 is 4.42 Å². The van der Waals surface area contributed by atoms with Crippen molar-refractivity contribution in [1.82, 2.24) is 0 Å². The molecule has 7 aromatic rings. The molecule has 4 heteroatoms. The van der Waals surface area contributed by atoms with E-state index in [1.54, 1.807) is 0 Å². The maximum atomic E-state index is 6.84. The molecular formula is C38H25BN2O. The van der Waals surface area contributed by atoms with Crippen LogP contribution in [0, 0.1) is 0 Å². The van der Waals surface area contributed by atoms with Crippen molar-refractivity contribution in [2.45, 2.75) is 0 Å². The van der Waals surface area contributed by atoms with E-state index in [9.17, 15) is 0 Å². The fourth-order valence-electron chi connectivity index (χ4n) is 6.88. The molecule has 3 heterocycles. The Hall–Kier alpha value is -5.48. The summed E-state index contributed by atoms with van der Waals surface area (Å²) in [6.45, 7) is -0.0432. The molecule has 0 saturated carbocycles. The minimum absolute atomic E-state index is 0.0432. The first kappa shape index (κ1) is 23.3. The van der Waals surface area contributed by atoms with Crippen LogP contribution in [0.1, 0.15) is 0 Å². The predicted octanol–water partition coefficient (Wildman–Crippen LogP) is 8.18. The van der Waals surface area contributed by atoms with Gasteiger partial charge in [-0.05, 0) is 76.6 Å². The number of hydrogen-bond acceptors (Lipinski definition) is 3. The van der Waals surface area contributed by atoms with E-state index in [-0.39, 0.29) is 6.71 Å². The summed E-state index contributed by atoms with van der Waals surface area (Å²) in [5.74, 6) is 0. The minimum Gasteiger partial charge on any atom is -0.468 e. The highest BCUT2D eigenvalue weighted by Crippen LogP contribution is 2.47. The fraction of sp³-hybridized carbons (Fsp3) is 0. The van der Waals surface area contributed by atoms with E-state index in [2.05, 4.69) is 161 Å². The summed E-state index contributed by atoms with van der Waals surface area (Å²) in [5, 5.41) is 1.12. The summed E-state index contributed by atoms with van der Waals surface area (Å²) < 4.78 is 6.84. The van der Waals surface area contributed by atoms with Crippen molar-refractivity contribution in [3.63, 3.8) is 0 Å². The molecule has 0 fully saturated rings. The lowest BCUT2D eigenvalue weighted by Crippen LogP contribution is -2.61. The van der Waals surface area contributed by atoms with Gasteiger partial charge in [-0.2, -0.15) is 0 Å². The summed E-state index contributed by atoms with van der Waals surface area (Å²) in [5.41, 5.74) is 13.7. The molecule has 0 amide bonds. The molecule has 0 saturated heterocycles. The number of anilines is 6. The number of rotatable bonds is 3. The zero-order valence-electron chi connectivity index (χ0n) is 22.8. The molecule has 3 nitrogen and oxygen atoms in total. The zero-order chi connectivity index (χ0) is 27.6. The van der Waals surface area contributed by atoms with Crippen LogP contribution in [0.3, 0.4) is 0 Å². The number of hydrogen-bond donors (Lipinski definition) is 0. The van der Waals surface area contributed by atoms with Gasteiger partial charge in [0.1, 0.15) is 5.58 Å². The Morgan fingerprint density at radius 3 is 1.79 bits per heavy atom. The first-order chi connectivity index (χ1) is 20.9. The van der Waals surface area contributed by atoms with Crippen LogP contribution in [0.2, 0.25) is 0 Å². The number of fused-ring (bicyclic) bond motifs is 6. The van der Waals surface area contributed by atoms with Gasteiger partial charge >= 0.3 is 0 Å². The molecule has 0 aliphatic carbocycles. The van der Waals surface area contributed by atoms with Gasteiger partial charge in [0.2, 0.25) is 0 Å². The molecule has 2 aliphatic rings. The third-order valence-corrected chi connectivity index (χ3v) is 8.61. The Labute approximate surface area is 245 Å². The highest BCUT2D eigenvalue weighted by molar-refractivity contribution is 7.00. The van der Waals surface area contributed by atoms with Crippen LogP contribution in [0.5, 0.6) is 0 Å². The van der Waals surface area contributed by atoms with Crippen molar-refractivity contribution in [2.75, 3.05) is 9.80 Å². The van der Waals surface area contributed by atoms with Gasteiger partial charge in [0.15, 0.2) is 0 Å². The molecule has 0 radical (unpaired) electrons. The Balaban J connectivity index is 1.45. The van der Waals surface area contributed by atoms with Crippen LogP contribution in [0.15, 0.2) is 156 Å². The van der Waals surface area contributed by atoms with Gasteiger partial charge in [-0.25, -0.2) is 0 Å². The molecule has 42 heavy (non-hydrogen) atoms. The molecular weight excluding hydrogens is 511 g/mol. The summed E-state index contributed by atoms with van der Waals surface area (Å²) in [7, 11) is 0. The zero-order valence-corrected chi connectivity index (χ0v) is 22.8. The molecule has 196 valence electrons. The highest BCUT2D eigenvalue weighted by atomic mass is 16.3. The van der Waals surface area contributed by atoms with Gasteiger partial charge < -0.3 is 14.2 Å². The summed E-state index contributed by atoms with van der Waals surface area (Å²) in [6.07, 6.45) is 0. The molecule has 9 rings (SSSR count). The number of furan rings is 1. The van der Waals surface area contributed by atoms with Gasteiger partial charge in [0.05, 0.1) is 11.3 Å². The topological polar surface area (TPSA) is 19.6 Å². The van der Waals surface area contributed by atoms with E-state index in [0.29, 0.717) is 0 Å². The molecule has 0 spiro atoms. The maximum Gasteiger partial charge on any atom is 0.297 e. The average Bonchev–Trinajstić information content (AvgIpc) is 3.45. The second-order valence-electron chi connectivity index (χ2n) is 10.9. The standard InChI is InChI=1S/C38H25BN2O/c1-4-14-26(15-5-1)27-24-33-36-34(25-27)41(29-18-8-3-9-19-29)37-30-20-10-13-23-35(30)42-38(37)39(36)31-21-11-12-22-32(31)40(33)28-16-6-2-7-17-28/h1-25H. The van der Waals surface area contributed by atoms with Gasteiger partial charge in [-0.15, -0.1) is 0 Å². The quantitative estimate of drug-likeness (QED) is 0.212. The lowest BCUT2D eigenvalue weighted by molar-refractivity contribution is 0.651. The van der Waals surface area contributed by atoms with E-state index >= 15 is 0 Å². The van der Waals surface area contributed by atoms with E-state index in [4.69, 9.17) is 4.42 Å². The van der Waals surface area contributed by atoms with Gasteiger partial charge in [-0.3, -0.25) is 0 Å². The third-order valence-electron chi connectivity index (χ3n) is 8.61. The lowest BCUT2D eigenvalue weighted by Gasteiger charge is -2.42. The van der Waals surface area contributed by atoms with Gasteiger partial charge in [-0.1, -0.05) is 97.1 Å². The molecule has 0 bridgehead atoms. The maximum absolute atomic E-state index is 6.84. The van der Waals surface area contributed by atoms with Crippen molar-refractivity contribution >= 4 is 68.4 Å². The SMILES string of the molecule is c1ccc(-c2cc3c4c(c2)N(c2ccccc2)c2c(oc5ccccc25)B4c2ccccc2N3c2ccccc2)cc1. The summed E-state index contributed by atoms with van der Waals surface area (Å²) in [6, 6.07) is 54.1. The fourth-order valence-corrected chi connectivity index (χ4v) is 6.88. The lowest BCUT2D eigenvalue weighted by atomic mass is 9.35. The van der Waals surface area contributed by atoms with E-state index in [1.165, 1.54) is 39.1 Å². The second-order valence-corrected chi connectivity index (χ2v) is 10.9. The average molecular weight is 536 g/mol. The number of benzene rings is 6. The smallest absolute Gasteiger partial charge is 0.297 e. The Morgan fingerprint density at radius 1 is 0.476 bits per heavy atom. The molecule has 1 aromatic heterocycles. The van der Waals surface area contributed by atoms with Gasteiger partial charge in [0, 0.05) is 33.8 Å². The van der Waals surface area contributed by atoms with Crippen molar-refractivity contribution in [3.8, 4) is 11.1 Å². The monoisotopic (exact) mass is 536 g/mol. The number of nitrogens with zero attached hydrogens (tertiary/aromatic N) is 2. The van der Waals surface area contributed by atoms with E-state index in [1.807, 2.05) is 0 Å². The molecule has 0 unspecified atom stereocenters. The second kappa shape index (κ2) is 9.02.